The van der Waals surface area contributed by atoms with Crippen LogP contribution in [-0.2, 0) is 0 Å². The highest BCUT2D eigenvalue weighted by atomic mass is 15.0. The molecule has 11 aromatic rings. The molecular formula is C59H41N5. The zero-order valence-corrected chi connectivity index (χ0v) is 35.4. The number of hydrogen-bond acceptors (Lipinski definition) is 2. The van der Waals surface area contributed by atoms with Crippen LogP contribution in [-0.4, -0.2) is 19.1 Å². The molecule has 0 bridgehead atoms. The molecule has 3 heterocycles. The molecule has 3 aromatic heterocycles. The van der Waals surface area contributed by atoms with Gasteiger partial charge in [0.05, 0.1) is 40.2 Å². The summed E-state index contributed by atoms with van der Waals surface area (Å²) in [7, 11) is 0. The van der Waals surface area contributed by atoms with Gasteiger partial charge in [-0.1, -0.05) is 158 Å². The molecule has 0 amide bonds. The van der Waals surface area contributed by atoms with Crippen LogP contribution in [0, 0.1) is 13.5 Å². The van der Waals surface area contributed by atoms with E-state index in [0.29, 0.717) is 11.5 Å². The fraction of sp³-hybridized carbons (Fsp3) is 0.0339. The first-order valence-corrected chi connectivity index (χ1v) is 21.6. The molecule has 302 valence electrons. The van der Waals surface area contributed by atoms with E-state index in [1.165, 1.54) is 16.6 Å². The van der Waals surface area contributed by atoms with Gasteiger partial charge in [0.25, 0.3) is 0 Å². The maximum absolute atomic E-state index is 8.07. The number of fused-ring (bicyclic) bond motifs is 4. The lowest BCUT2D eigenvalue weighted by atomic mass is 9.92. The Bertz CT molecular complexity index is 3490. The van der Waals surface area contributed by atoms with Gasteiger partial charge in [-0.2, -0.15) is 0 Å². The number of aromatic nitrogens is 4. The summed E-state index contributed by atoms with van der Waals surface area (Å²) in [5.74, 6) is 0.640. The largest absolute Gasteiger partial charge is 0.313 e. The minimum absolute atomic E-state index is 0.599. The van der Waals surface area contributed by atoms with Crippen molar-refractivity contribution < 1.29 is 0 Å². The normalized spacial score (nSPS) is 11.5. The van der Waals surface area contributed by atoms with Gasteiger partial charge in [0.1, 0.15) is 0 Å². The van der Waals surface area contributed by atoms with Crippen molar-refractivity contribution in [2.45, 2.75) is 13.8 Å². The fourth-order valence-electron chi connectivity index (χ4n) is 9.32. The van der Waals surface area contributed by atoms with E-state index in [-0.39, 0.29) is 0 Å². The Balaban J connectivity index is 1.23. The summed E-state index contributed by atoms with van der Waals surface area (Å²) >= 11 is 0. The molecule has 0 atom stereocenters. The molecule has 0 aliphatic heterocycles. The van der Waals surface area contributed by atoms with E-state index in [0.717, 1.165) is 89.0 Å². The average Bonchev–Trinajstić information content (AvgIpc) is 3.84. The summed E-state index contributed by atoms with van der Waals surface area (Å²) in [6.45, 7) is 12.3. The summed E-state index contributed by atoms with van der Waals surface area (Å²) in [6.07, 6.45) is 4.31. The maximum Gasteiger partial charge on any atom is 0.188 e. The number of para-hydroxylation sites is 1. The number of benzene rings is 8. The van der Waals surface area contributed by atoms with Crippen molar-refractivity contribution in [1.29, 1.82) is 0 Å². The van der Waals surface area contributed by atoms with Gasteiger partial charge >= 0.3 is 0 Å². The smallest absolute Gasteiger partial charge is 0.188 e. The Hall–Kier alpha value is -8.59. The van der Waals surface area contributed by atoms with Gasteiger partial charge in [-0.3, -0.25) is 0 Å². The number of rotatable bonds is 8. The minimum Gasteiger partial charge on any atom is -0.313 e. The van der Waals surface area contributed by atoms with E-state index in [4.69, 9.17) is 16.5 Å². The van der Waals surface area contributed by atoms with Crippen molar-refractivity contribution in [3.8, 4) is 67.5 Å². The first kappa shape index (κ1) is 38.3. The zero-order chi connectivity index (χ0) is 43.1. The van der Waals surface area contributed by atoms with Crippen molar-refractivity contribution in [3.05, 3.63) is 229 Å². The molecule has 0 fully saturated rings. The number of nitrogens with zero attached hydrogens (tertiary/aromatic N) is 5. The molecule has 0 N–H and O–H groups in total. The molecule has 5 nitrogen and oxygen atoms in total. The summed E-state index contributed by atoms with van der Waals surface area (Å²) in [6, 6.07) is 70.0. The van der Waals surface area contributed by atoms with Crippen LogP contribution in [0.25, 0.3) is 111 Å². The van der Waals surface area contributed by atoms with Gasteiger partial charge in [-0.05, 0) is 85.0 Å². The zero-order valence-electron chi connectivity index (χ0n) is 35.4. The Morgan fingerprint density at radius 2 is 0.969 bits per heavy atom. The van der Waals surface area contributed by atoms with Crippen LogP contribution in [0.5, 0.6) is 0 Å². The molecule has 8 aromatic carbocycles. The van der Waals surface area contributed by atoms with Crippen LogP contribution in [0.4, 0.5) is 5.69 Å². The van der Waals surface area contributed by atoms with Crippen molar-refractivity contribution in [2.24, 2.45) is 0 Å². The minimum atomic E-state index is 0.599. The van der Waals surface area contributed by atoms with Gasteiger partial charge < -0.3 is 9.13 Å². The molecule has 5 heteroatoms. The van der Waals surface area contributed by atoms with Crippen LogP contribution in [0.15, 0.2) is 206 Å². The molecule has 0 spiro atoms. The Kier molecular flexibility index (Phi) is 9.60. The highest BCUT2D eigenvalue weighted by molar-refractivity contribution is 6.12. The molecule has 0 aliphatic rings. The molecule has 0 radical (unpaired) electrons. The predicted molar refractivity (Wildman–Crippen MR) is 266 cm³/mol. The quantitative estimate of drug-likeness (QED) is 0.143. The van der Waals surface area contributed by atoms with E-state index in [9.17, 15) is 0 Å². The van der Waals surface area contributed by atoms with E-state index in [2.05, 4.69) is 192 Å². The summed E-state index contributed by atoms with van der Waals surface area (Å²) in [5.41, 5.74) is 17.1. The standard InChI is InChI=1S/C59H41N5/c1-4-19-47-39(2)63(55-29-18-17-28-48(47)55)46-31-33-57-52(37-46)51-36-45(60-3)30-32-56(51)64(57)58-49(40-20-9-5-10-21-40)34-44(35-50(58)41-22-11-6-12-23-41)59-61-53(42-24-13-7-14-25-42)38-54(62-59)43-26-15-8-16-27-43/h4-38H,1-2H3/b19-4-. The van der Waals surface area contributed by atoms with E-state index < -0.39 is 0 Å². The van der Waals surface area contributed by atoms with E-state index in [1.807, 2.05) is 48.5 Å². The van der Waals surface area contributed by atoms with Crippen molar-refractivity contribution in [1.82, 2.24) is 19.1 Å². The topological polar surface area (TPSA) is 40.0 Å². The van der Waals surface area contributed by atoms with Gasteiger partial charge in [0.15, 0.2) is 11.5 Å². The van der Waals surface area contributed by atoms with Gasteiger partial charge in [0.2, 0.25) is 0 Å². The average molecular weight is 820 g/mol. The fourth-order valence-corrected chi connectivity index (χ4v) is 9.32. The van der Waals surface area contributed by atoms with Crippen molar-refractivity contribution in [2.75, 3.05) is 0 Å². The summed E-state index contributed by atoms with van der Waals surface area (Å²) < 4.78 is 4.76. The molecule has 11 rings (SSSR count). The van der Waals surface area contributed by atoms with Gasteiger partial charge in [0, 0.05) is 55.5 Å². The second kappa shape index (κ2) is 16.0. The highest BCUT2D eigenvalue weighted by Gasteiger charge is 2.24. The van der Waals surface area contributed by atoms with Crippen LogP contribution in [0.1, 0.15) is 18.2 Å². The first-order valence-electron chi connectivity index (χ1n) is 21.6. The number of hydrogen-bond donors (Lipinski definition) is 0. The third kappa shape index (κ3) is 6.57. The molecule has 64 heavy (non-hydrogen) atoms. The molecule has 0 saturated carbocycles. The monoisotopic (exact) mass is 819 g/mol. The molecule has 0 aliphatic carbocycles. The first-order chi connectivity index (χ1) is 31.6. The second-order valence-electron chi connectivity index (χ2n) is 16.0. The summed E-state index contributed by atoms with van der Waals surface area (Å²) in [5, 5.41) is 3.29. The van der Waals surface area contributed by atoms with Gasteiger partial charge in [-0.25, -0.2) is 14.8 Å². The maximum atomic E-state index is 8.07. The van der Waals surface area contributed by atoms with Crippen LogP contribution in [0.3, 0.4) is 0 Å². The lowest BCUT2D eigenvalue weighted by Gasteiger charge is -2.21. The highest BCUT2D eigenvalue weighted by Crippen LogP contribution is 2.45. The molecular weight excluding hydrogens is 779 g/mol. The van der Waals surface area contributed by atoms with E-state index >= 15 is 0 Å². The molecule has 0 saturated heterocycles. The summed E-state index contributed by atoms with van der Waals surface area (Å²) in [4.78, 5) is 14.5. The Morgan fingerprint density at radius 3 is 1.53 bits per heavy atom. The van der Waals surface area contributed by atoms with E-state index in [1.54, 1.807) is 0 Å². The third-order valence-electron chi connectivity index (χ3n) is 12.2. The van der Waals surface area contributed by atoms with Crippen LogP contribution >= 0.6 is 0 Å². The lowest BCUT2D eigenvalue weighted by Crippen LogP contribution is -2.03. The Labute approximate surface area is 372 Å². The second-order valence-corrected chi connectivity index (χ2v) is 16.0. The predicted octanol–water partition coefficient (Wildman–Crippen LogP) is 15.7. The Morgan fingerprint density at radius 1 is 0.469 bits per heavy atom. The SMILES string of the molecule is [C-]#[N+]c1ccc2c(c1)c1cc(-n3c(C)c(/C=C\C)c4ccccc43)ccc1n2-c1c(-c2ccccc2)cc(-c2nc(-c3ccccc3)cc(-c3ccccc3)n2)cc1-c1ccccc1. The number of allylic oxidation sites excluding steroid dienone is 1. The lowest BCUT2D eigenvalue weighted by molar-refractivity contribution is 1.05. The van der Waals surface area contributed by atoms with Gasteiger partial charge in [-0.15, -0.1) is 0 Å². The van der Waals surface area contributed by atoms with Crippen LogP contribution in [0.2, 0.25) is 0 Å². The van der Waals surface area contributed by atoms with Crippen molar-refractivity contribution >= 4 is 44.5 Å². The third-order valence-corrected chi connectivity index (χ3v) is 12.2. The van der Waals surface area contributed by atoms with Crippen molar-refractivity contribution in [3.63, 3.8) is 0 Å². The van der Waals surface area contributed by atoms with Crippen LogP contribution < -0.4 is 0 Å². The molecule has 0 unspecified atom stereocenters.